The fraction of sp³-hybridized carbons (Fsp3) is 0.214. The Kier molecular flexibility index (Phi) is 3.85. The van der Waals surface area contributed by atoms with Gasteiger partial charge in [-0.05, 0) is 23.8 Å². The molecule has 0 fully saturated rings. The zero-order valence-corrected chi connectivity index (χ0v) is 12.1. The number of hydrogen-bond acceptors (Lipinski definition) is 3. The van der Waals surface area contributed by atoms with Gasteiger partial charge < -0.3 is 4.57 Å². The molecule has 0 N–H and O–H groups in total. The number of fused-ring (bicyclic) bond motifs is 1. The van der Waals surface area contributed by atoms with Crippen molar-refractivity contribution < 1.29 is 0 Å². The van der Waals surface area contributed by atoms with Gasteiger partial charge in [-0.25, -0.2) is 9.97 Å². The van der Waals surface area contributed by atoms with Crippen molar-refractivity contribution >= 4 is 34.4 Å². The van der Waals surface area contributed by atoms with Crippen LogP contribution in [0.5, 0.6) is 0 Å². The van der Waals surface area contributed by atoms with E-state index in [1.54, 1.807) is 18.6 Å². The number of halogens is 2. The minimum absolute atomic E-state index is 0.521. The van der Waals surface area contributed by atoms with E-state index in [1.807, 2.05) is 18.2 Å². The maximum atomic E-state index is 5.97. The largest absolute Gasteiger partial charge is 0.308 e. The van der Waals surface area contributed by atoms with Gasteiger partial charge in [-0.3, -0.25) is 4.98 Å². The lowest BCUT2D eigenvalue weighted by Crippen LogP contribution is -2.06. The molecule has 0 atom stereocenters. The van der Waals surface area contributed by atoms with Crippen molar-refractivity contribution in [3.8, 4) is 0 Å². The second-order valence-corrected chi connectivity index (χ2v) is 5.22. The molecule has 6 heteroatoms. The Morgan fingerprint density at radius 2 is 2.00 bits per heavy atom. The monoisotopic (exact) mass is 306 g/mol. The number of nitrogens with zero attached hydrogens (tertiary/aromatic N) is 4. The van der Waals surface area contributed by atoms with Gasteiger partial charge in [0.1, 0.15) is 11.3 Å². The van der Waals surface area contributed by atoms with Crippen LogP contribution in [0.1, 0.15) is 11.4 Å². The van der Waals surface area contributed by atoms with Gasteiger partial charge in [0.2, 0.25) is 0 Å². The Balaban J connectivity index is 2.09. The van der Waals surface area contributed by atoms with Crippen molar-refractivity contribution in [1.29, 1.82) is 0 Å². The minimum atomic E-state index is 0.521. The summed E-state index contributed by atoms with van der Waals surface area (Å²) in [6.07, 6.45) is 5.89. The zero-order valence-electron chi connectivity index (χ0n) is 10.6. The quantitative estimate of drug-likeness (QED) is 0.695. The lowest BCUT2D eigenvalue weighted by atomic mass is 10.2. The summed E-state index contributed by atoms with van der Waals surface area (Å²) >= 11 is 11.8. The average Bonchev–Trinajstić information content (AvgIpc) is 2.77. The molecule has 0 aliphatic rings. The van der Waals surface area contributed by atoms with Crippen LogP contribution in [0.3, 0.4) is 0 Å². The Hall–Kier alpha value is -1.65. The first-order chi connectivity index (χ1) is 9.78. The van der Waals surface area contributed by atoms with Crippen LogP contribution >= 0.6 is 23.2 Å². The maximum Gasteiger partial charge on any atom is 0.160 e. The number of rotatable bonds is 4. The lowest BCUT2D eigenvalue weighted by molar-refractivity contribution is 0.747. The van der Waals surface area contributed by atoms with Gasteiger partial charge in [0, 0.05) is 30.9 Å². The van der Waals surface area contributed by atoms with E-state index in [9.17, 15) is 0 Å². The fourth-order valence-corrected chi connectivity index (χ4v) is 2.47. The summed E-state index contributed by atoms with van der Waals surface area (Å²) in [6.45, 7) is 0.694. The first-order valence-corrected chi connectivity index (χ1v) is 7.14. The molecule has 0 aliphatic heterocycles. The minimum Gasteiger partial charge on any atom is -0.308 e. The maximum absolute atomic E-state index is 5.97. The highest BCUT2D eigenvalue weighted by Crippen LogP contribution is 2.20. The van der Waals surface area contributed by atoms with E-state index in [2.05, 4.69) is 19.5 Å². The average molecular weight is 307 g/mol. The highest BCUT2D eigenvalue weighted by Gasteiger charge is 2.12. The summed E-state index contributed by atoms with van der Waals surface area (Å²) in [5, 5.41) is 0.587. The summed E-state index contributed by atoms with van der Waals surface area (Å²) in [5.41, 5.74) is 2.77. The van der Waals surface area contributed by atoms with E-state index in [-0.39, 0.29) is 0 Å². The third-order valence-electron chi connectivity index (χ3n) is 3.04. The van der Waals surface area contributed by atoms with Gasteiger partial charge in [-0.15, -0.1) is 11.6 Å². The van der Waals surface area contributed by atoms with Crippen molar-refractivity contribution in [1.82, 2.24) is 19.5 Å². The third-order valence-corrected chi connectivity index (χ3v) is 3.43. The molecule has 0 aromatic carbocycles. The fourth-order valence-electron chi connectivity index (χ4n) is 2.15. The van der Waals surface area contributed by atoms with Crippen LogP contribution in [-0.2, 0) is 13.0 Å². The molecule has 0 saturated heterocycles. The summed E-state index contributed by atoms with van der Waals surface area (Å²) in [7, 11) is 0. The Morgan fingerprint density at radius 3 is 2.75 bits per heavy atom. The number of aromatic nitrogens is 4. The number of aryl methyl sites for hydroxylation is 1. The molecule has 0 spiro atoms. The van der Waals surface area contributed by atoms with Crippen molar-refractivity contribution in [2.24, 2.45) is 0 Å². The number of alkyl halides is 1. The molecule has 3 rings (SSSR count). The van der Waals surface area contributed by atoms with Crippen molar-refractivity contribution in [2.45, 2.75) is 13.0 Å². The smallest absolute Gasteiger partial charge is 0.160 e. The van der Waals surface area contributed by atoms with Crippen LogP contribution < -0.4 is 0 Å². The Bertz CT molecular complexity index is 725. The molecule has 0 amide bonds. The Labute approximate surface area is 126 Å². The second kappa shape index (κ2) is 5.77. The van der Waals surface area contributed by atoms with E-state index in [0.717, 1.165) is 22.6 Å². The molecule has 0 bridgehead atoms. The van der Waals surface area contributed by atoms with E-state index in [0.29, 0.717) is 23.9 Å². The van der Waals surface area contributed by atoms with Gasteiger partial charge in [0.25, 0.3) is 0 Å². The number of imidazole rings is 1. The number of hydrogen-bond donors (Lipinski definition) is 0. The third kappa shape index (κ3) is 2.62. The highest BCUT2D eigenvalue weighted by atomic mass is 35.5. The molecule has 3 aromatic heterocycles. The SMILES string of the molecule is ClCCc1nc2cc(Cl)cnc2n1Cc1ccncc1. The second-order valence-electron chi connectivity index (χ2n) is 4.40. The van der Waals surface area contributed by atoms with E-state index in [4.69, 9.17) is 23.2 Å². The van der Waals surface area contributed by atoms with E-state index in [1.165, 1.54) is 0 Å². The van der Waals surface area contributed by atoms with Gasteiger partial charge in [0.15, 0.2) is 5.65 Å². The summed E-state index contributed by atoms with van der Waals surface area (Å²) in [4.78, 5) is 13.0. The normalized spacial score (nSPS) is 11.1. The molecule has 4 nitrogen and oxygen atoms in total. The molecule has 3 aromatic rings. The van der Waals surface area contributed by atoms with Crippen molar-refractivity contribution in [3.05, 3.63) is 53.2 Å². The van der Waals surface area contributed by atoms with Crippen LogP contribution in [0.4, 0.5) is 0 Å². The van der Waals surface area contributed by atoms with Crippen molar-refractivity contribution in [2.75, 3.05) is 5.88 Å². The standard InChI is InChI=1S/C14H12Cl2N4/c15-4-1-13-19-12-7-11(16)8-18-14(12)20(13)9-10-2-5-17-6-3-10/h2-3,5-8H,1,4,9H2. The molecular formula is C14H12Cl2N4. The number of pyridine rings is 2. The molecule has 3 heterocycles. The van der Waals surface area contributed by atoms with Crippen LogP contribution in [0.2, 0.25) is 5.02 Å². The first kappa shape index (κ1) is 13.3. The predicted octanol–water partition coefficient (Wildman–Crippen LogP) is 3.31. The molecule has 0 saturated carbocycles. The molecule has 0 radical (unpaired) electrons. The van der Waals surface area contributed by atoms with Crippen LogP contribution in [-0.4, -0.2) is 25.4 Å². The molecule has 0 unspecified atom stereocenters. The highest BCUT2D eigenvalue weighted by molar-refractivity contribution is 6.31. The van der Waals surface area contributed by atoms with E-state index >= 15 is 0 Å². The molecule has 102 valence electrons. The van der Waals surface area contributed by atoms with Gasteiger partial charge in [-0.1, -0.05) is 11.6 Å². The van der Waals surface area contributed by atoms with Gasteiger partial charge >= 0.3 is 0 Å². The summed E-state index contributed by atoms with van der Waals surface area (Å²) in [6, 6.07) is 5.78. The van der Waals surface area contributed by atoms with Crippen LogP contribution in [0.15, 0.2) is 36.8 Å². The zero-order chi connectivity index (χ0) is 13.9. The molecular weight excluding hydrogens is 295 g/mol. The van der Waals surface area contributed by atoms with Crippen LogP contribution in [0.25, 0.3) is 11.2 Å². The Morgan fingerprint density at radius 1 is 1.20 bits per heavy atom. The molecule has 20 heavy (non-hydrogen) atoms. The van der Waals surface area contributed by atoms with Gasteiger partial charge in [-0.2, -0.15) is 0 Å². The van der Waals surface area contributed by atoms with Gasteiger partial charge in [0.05, 0.1) is 11.6 Å². The van der Waals surface area contributed by atoms with Crippen molar-refractivity contribution in [3.63, 3.8) is 0 Å². The molecule has 0 aliphatic carbocycles. The topological polar surface area (TPSA) is 43.6 Å². The first-order valence-electron chi connectivity index (χ1n) is 6.23. The predicted molar refractivity (Wildman–Crippen MR) is 80.3 cm³/mol. The van der Waals surface area contributed by atoms with Crippen LogP contribution in [0, 0.1) is 0 Å². The lowest BCUT2D eigenvalue weighted by Gasteiger charge is -2.07. The van der Waals surface area contributed by atoms with E-state index < -0.39 is 0 Å². The summed E-state index contributed by atoms with van der Waals surface area (Å²) in [5.74, 6) is 1.44. The summed E-state index contributed by atoms with van der Waals surface area (Å²) < 4.78 is 2.07.